The van der Waals surface area contributed by atoms with Gasteiger partial charge in [0.05, 0.1) is 18.5 Å². The van der Waals surface area contributed by atoms with Gasteiger partial charge in [0.1, 0.15) is 5.69 Å². The zero-order valence-corrected chi connectivity index (χ0v) is 11.8. The summed E-state index contributed by atoms with van der Waals surface area (Å²) in [6, 6.07) is 3.48. The summed E-state index contributed by atoms with van der Waals surface area (Å²) in [5.74, 6) is -0.131. The monoisotopic (exact) mass is 278 g/mol. The molecule has 1 amide bonds. The molecule has 1 aliphatic rings. The van der Waals surface area contributed by atoms with E-state index in [-0.39, 0.29) is 18.6 Å². The molecule has 1 fully saturated rings. The van der Waals surface area contributed by atoms with Gasteiger partial charge in [0, 0.05) is 12.6 Å². The van der Waals surface area contributed by atoms with E-state index >= 15 is 0 Å². The summed E-state index contributed by atoms with van der Waals surface area (Å²) in [4.78, 5) is 20.6. The zero-order chi connectivity index (χ0) is 14.5. The molecule has 20 heavy (non-hydrogen) atoms. The third-order valence-corrected chi connectivity index (χ3v) is 3.74. The van der Waals surface area contributed by atoms with Crippen molar-refractivity contribution in [1.29, 1.82) is 0 Å². The minimum absolute atomic E-state index is 0.0347. The number of amides is 1. The molecule has 1 aromatic heterocycles. The average Bonchev–Trinajstić information content (AvgIpc) is 2.46. The lowest BCUT2D eigenvalue weighted by molar-refractivity contribution is 0.0534. The number of nitrogen functional groups attached to an aromatic ring is 1. The van der Waals surface area contributed by atoms with E-state index in [0.717, 1.165) is 25.9 Å². The molecule has 2 rings (SSSR count). The first kappa shape index (κ1) is 14.7. The van der Waals surface area contributed by atoms with Gasteiger partial charge in [-0.05, 0) is 45.1 Å². The van der Waals surface area contributed by atoms with Crippen molar-refractivity contribution in [3.63, 3.8) is 0 Å². The molecule has 0 spiro atoms. The summed E-state index contributed by atoms with van der Waals surface area (Å²) in [5, 5.41) is 9.21. The Morgan fingerprint density at radius 2 is 2.20 bits per heavy atom. The zero-order valence-electron chi connectivity index (χ0n) is 11.8. The van der Waals surface area contributed by atoms with Crippen LogP contribution in [0.25, 0.3) is 0 Å². The lowest BCUT2D eigenvalue weighted by atomic mass is 10.0. The van der Waals surface area contributed by atoms with Gasteiger partial charge in [-0.2, -0.15) is 0 Å². The topological polar surface area (TPSA) is 82.7 Å². The fraction of sp³-hybridized carbons (Fsp3) is 0.571. The summed E-state index contributed by atoms with van der Waals surface area (Å²) in [5.41, 5.74) is 6.50. The van der Waals surface area contributed by atoms with Crippen molar-refractivity contribution in [2.45, 2.75) is 18.9 Å². The molecule has 1 aliphatic heterocycles. The molecule has 0 atom stereocenters. The Hall–Kier alpha value is -1.66. The SMILES string of the molecule is CN1CCC(N(CCO)C(=O)c2ccc(N)cn2)CC1. The first-order valence-electron chi connectivity index (χ1n) is 6.93. The van der Waals surface area contributed by atoms with Crippen LogP contribution < -0.4 is 5.73 Å². The van der Waals surface area contributed by atoms with Gasteiger partial charge in [0.25, 0.3) is 5.91 Å². The van der Waals surface area contributed by atoms with Crippen LogP contribution in [0.4, 0.5) is 5.69 Å². The van der Waals surface area contributed by atoms with E-state index in [1.54, 1.807) is 17.0 Å². The Bertz CT molecular complexity index is 441. The van der Waals surface area contributed by atoms with Crippen LogP contribution in [0.2, 0.25) is 0 Å². The Kier molecular flexibility index (Phi) is 4.92. The van der Waals surface area contributed by atoms with Gasteiger partial charge in [0.15, 0.2) is 0 Å². The second-order valence-electron chi connectivity index (χ2n) is 5.23. The number of anilines is 1. The molecule has 2 heterocycles. The number of likely N-dealkylation sites (tertiary alicyclic amines) is 1. The Balaban J connectivity index is 2.11. The van der Waals surface area contributed by atoms with E-state index in [4.69, 9.17) is 5.73 Å². The van der Waals surface area contributed by atoms with Gasteiger partial charge in [0.2, 0.25) is 0 Å². The van der Waals surface area contributed by atoms with Crippen molar-refractivity contribution < 1.29 is 9.90 Å². The Morgan fingerprint density at radius 3 is 2.75 bits per heavy atom. The number of aromatic nitrogens is 1. The van der Waals surface area contributed by atoms with Crippen LogP contribution in [-0.2, 0) is 0 Å². The predicted molar refractivity (Wildman–Crippen MR) is 77.3 cm³/mol. The molecule has 0 aromatic carbocycles. The van der Waals surface area contributed by atoms with Crippen LogP contribution in [0.1, 0.15) is 23.3 Å². The number of pyridine rings is 1. The maximum atomic E-state index is 12.5. The second kappa shape index (κ2) is 6.67. The normalized spacial score (nSPS) is 17.1. The van der Waals surface area contributed by atoms with Crippen molar-refractivity contribution in [3.8, 4) is 0 Å². The van der Waals surface area contributed by atoms with Gasteiger partial charge in [-0.1, -0.05) is 0 Å². The lowest BCUT2D eigenvalue weighted by Crippen LogP contribution is -2.47. The van der Waals surface area contributed by atoms with Crippen molar-refractivity contribution in [2.24, 2.45) is 0 Å². The number of carbonyl (C=O) groups is 1. The second-order valence-corrected chi connectivity index (χ2v) is 5.23. The highest BCUT2D eigenvalue weighted by atomic mass is 16.3. The maximum absolute atomic E-state index is 12.5. The molecule has 110 valence electrons. The third kappa shape index (κ3) is 3.46. The highest BCUT2D eigenvalue weighted by Crippen LogP contribution is 2.17. The Morgan fingerprint density at radius 1 is 1.50 bits per heavy atom. The number of aliphatic hydroxyl groups is 1. The molecule has 0 bridgehead atoms. The van der Waals surface area contributed by atoms with Gasteiger partial charge in [-0.15, -0.1) is 0 Å². The summed E-state index contributed by atoms with van der Waals surface area (Å²) >= 11 is 0. The molecule has 0 aliphatic carbocycles. The number of carbonyl (C=O) groups excluding carboxylic acids is 1. The fourth-order valence-corrected chi connectivity index (χ4v) is 2.54. The largest absolute Gasteiger partial charge is 0.397 e. The van der Waals surface area contributed by atoms with Gasteiger partial charge in [-0.3, -0.25) is 4.79 Å². The number of piperidine rings is 1. The van der Waals surface area contributed by atoms with Crippen LogP contribution in [0.3, 0.4) is 0 Å². The number of nitrogens with two attached hydrogens (primary N) is 1. The standard InChI is InChI=1S/C14H22N4O2/c1-17-6-4-12(5-7-17)18(8-9-19)14(20)13-3-2-11(15)10-16-13/h2-3,10,12,19H,4-9,15H2,1H3. The van der Waals surface area contributed by atoms with E-state index in [1.807, 2.05) is 0 Å². The van der Waals surface area contributed by atoms with Crippen LogP contribution in [0, 0.1) is 0 Å². The van der Waals surface area contributed by atoms with Crippen molar-refractivity contribution in [3.05, 3.63) is 24.0 Å². The first-order chi connectivity index (χ1) is 9.61. The molecule has 0 radical (unpaired) electrons. The first-order valence-corrected chi connectivity index (χ1v) is 6.93. The Labute approximate surface area is 119 Å². The number of nitrogens with zero attached hydrogens (tertiary/aromatic N) is 3. The van der Waals surface area contributed by atoms with Crippen LogP contribution in [-0.4, -0.2) is 65.1 Å². The summed E-state index contributed by atoms with van der Waals surface area (Å²) in [7, 11) is 2.08. The minimum Gasteiger partial charge on any atom is -0.397 e. The quantitative estimate of drug-likeness (QED) is 0.821. The van der Waals surface area contributed by atoms with Gasteiger partial charge >= 0.3 is 0 Å². The van der Waals surface area contributed by atoms with Crippen LogP contribution in [0.15, 0.2) is 18.3 Å². The molecule has 6 heteroatoms. The minimum atomic E-state index is -0.131. The number of hydrogen-bond acceptors (Lipinski definition) is 5. The van der Waals surface area contributed by atoms with E-state index < -0.39 is 0 Å². The molecule has 1 saturated heterocycles. The highest BCUT2D eigenvalue weighted by molar-refractivity contribution is 5.92. The van der Waals surface area contributed by atoms with Crippen molar-refractivity contribution >= 4 is 11.6 Å². The molecule has 0 saturated carbocycles. The number of aliphatic hydroxyl groups excluding tert-OH is 1. The van der Waals surface area contributed by atoms with Crippen molar-refractivity contribution in [2.75, 3.05) is 39.0 Å². The highest BCUT2D eigenvalue weighted by Gasteiger charge is 2.27. The third-order valence-electron chi connectivity index (χ3n) is 3.74. The number of rotatable bonds is 4. The molecule has 0 unspecified atom stereocenters. The molecule has 1 aromatic rings. The lowest BCUT2D eigenvalue weighted by Gasteiger charge is -2.37. The van der Waals surface area contributed by atoms with E-state index in [0.29, 0.717) is 17.9 Å². The summed E-state index contributed by atoms with van der Waals surface area (Å²) < 4.78 is 0. The van der Waals surface area contributed by atoms with Gasteiger partial charge < -0.3 is 20.6 Å². The van der Waals surface area contributed by atoms with E-state index in [1.165, 1.54) is 6.20 Å². The van der Waals surface area contributed by atoms with E-state index in [2.05, 4.69) is 16.9 Å². The number of hydrogen-bond donors (Lipinski definition) is 2. The molecule has 3 N–H and O–H groups in total. The smallest absolute Gasteiger partial charge is 0.272 e. The maximum Gasteiger partial charge on any atom is 0.272 e. The average molecular weight is 278 g/mol. The van der Waals surface area contributed by atoms with E-state index in [9.17, 15) is 9.90 Å². The summed E-state index contributed by atoms with van der Waals surface area (Å²) in [6.45, 7) is 2.25. The van der Waals surface area contributed by atoms with Crippen molar-refractivity contribution in [1.82, 2.24) is 14.8 Å². The van der Waals surface area contributed by atoms with Crippen LogP contribution in [0.5, 0.6) is 0 Å². The molecule has 6 nitrogen and oxygen atoms in total. The molecular weight excluding hydrogens is 256 g/mol. The fourth-order valence-electron chi connectivity index (χ4n) is 2.54. The summed E-state index contributed by atoms with van der Waals surface area (Å²) in [6.07, 6.45) is 3.34. The molecular formula is C14H22N4O2. The predicted octanol–water partition coefficient (Wildman–Crippen LogP) is 0.193. The van der Waals surface area contributed by atoms with Crippen LogP contribution >= 0.6 is 0 Å². The van der Waals surface area contributed by atoms with Gasteiger partial charge in [-0.25, -0.2) is 4.98 Å².